The second-order valence-corrected chi connectivity index (χ2v) is 5.34. The first-order valence-electron chi connectivity index (χ1n) is 6.48. The fraction of sp³-hybridized carbons (Fsp3) is 0.0714. The zero-order valence-electron chi connectivity index (χ0n) is 12.0. The summed E-state index contributed by atoms with van der Waals surface area (Å²) >= 11 is 3.12. The minimum Gasteiger partial charge on any atom is -0.477 e. The Hall–Kier alpha value is -3.01. The highest BCUT2D eigenvalue weighted by atomic mass is 79.9. The molecule has 0 atom stereocenters. The van der Waals surface area contributed by atoms with Crippen LogP contribution in [-0.2, 0) is 4.79 Å². The number of rotatable bonds is 6. The van der Waals surface area contributed by atoms with E-state index in [1.165, 1.54) is 36.4 Å². The molecule has 0 aliphatic carbocycles. The molecule has 2 aromatic rings. The summed E-state index contributed by atoms with van der Waals surface area (Å²) in [6.07, 6.45) is 0. The van der Waals surface area contributed by atoms with Crippen molar-refractivity contribution >= 4 is 38.9 Å². The molecule has 0 radical (unpaired) electrons. The van der Waals surface area contributed by atoms with Crippen molar-refractivity contribution in [2.45, 2.75) is 0 Å². The van der Waals surface area contributed by atoms with Gasteiger partial charge in [0.15, 0.2) is 12.4 Å². The van der Waals surface area contributed by atoms with E-state index in [1.54, 1.807) is 6.07 Å². The van der Waals surface area contributed by atoms with Crippen molar-refractivity contribution < 1.29 is 19.4 Å². The maximum atomic E-state index is 11.9. The second-order valence-electron chi connectivity index (χ2n) is 4.48. The minimum atomic E-state index is -0.611. The summed E-state index contributed by atoms with van der Waals surface area (Å²) in [4.78, 5) is 32.2. The van der Waals surface area contributed by atoms with Crippen molar-refractivity contribution in [2.75, 3.05) is 11.9 Å². The van der Waals surface area contributed by atoms with Crippen LogP contribution in [-0.4, -0.2) is 22.4 Å². The number of hydrogen-bond donors (Lipinski definition) is 1. The monoisotopic (exact) mass is 395 g/mol. The molecule has 2 aromatic carbocycles. The lowest BCUT2D eigenvalue weighted by Crippen LogP contribution is -2.20. The summed E-state index contributed by atoms with van der Waals surface area (Å²) in [5.41, 5.74) is -0.0605. The van der Waals surface area contributed by atoms with Crippen molar-refractivity contribution in [1.29, 1.82) is 0 Å². The summed E-state index contributed by atoms with van der Waals surface area (Å²) in [5, 5.41) is 24.0. The zero-order chi connectivity index (χ0) is 17.7. The third-order valence-electron chi connectivity index (χ3n) is 2.86. The van der Waals surface area contributed by atoms with Gasteiger partial charge in [-0.05, 0) is 28.1 Å². The third-order valence-corrected chi connectivity index (χ3v) is 3.51. The normalized spacial score (nSPS) is 10.0. The van der Waals surface area contributed by atoms with Crippen LogP contribution in [0.3, 0.4) is 0 Å². The van der Waals surface area contributed by atoms with Crippen molar-refractivity contribution in [1.82, 2.24) is 0 Å². The number of anilines is 1. The van der Waals surface area contributed by atoms with Gasteiger partial charge in [0.2, 0.25) is 0 Å². The molecule has 1 N–H and O–H groups in total. The van der Waals surface area contributed by atoms with Crippen LogP contribution in [0.1, 0.15) is 0 Å². The first-order chi connectivity index (χ1) is 11.4. The quantitative estimate of drug-likeness (QED) is 0.590. The standard InChI is InChI=1S/C14H10BrN3O6/c15-10-7-9(17(20)21)5-6-11(10)16-14(19)8-24-13-4-2-1-3-12(13)18(22)23/h1-7H,8H2,(H,16,19). The number of para-hydroxylation sites is 2. The smallest absolute Gasteiger partial charge is 0.310 e. The van der Waals surface area contributed by atoms with Crippen LogP contribution in [0.2, 0.25) is 0 Å². The molecular weight excluding hydrogens is 386 g/mol. The number of non-ortho nitro benzene ring substituents is 1. The van der Waals surface area contributed by atoms with E-state index in [0.29, 0.717) is 10.2 Å². The molecule has 0 fully saturated rings. The van der Waals surface area contributed by atoms with E-state index in [-0.39, 0.29) is 17.1 Å². The predicted molar refractivity (Wildman–Crippen MR) is 88.0 cm³/mol. The van der Waals surface area contributed by atoms with Gasteiger partial charge in [0.25, 0.3) is 11.6 Å². The van der Waals surface area contributed by atoms with Crippen LogP contribution < -0.4 is 10.1 Å². The molecule has 0 aliphatic heterocycles. The van der Waals surface area contributed by atoms with Crippen LogP contribution in [0.4, 0.5) is 17.1 Å². The fourth-order valence-electron chi connectivity index (χ4n) is 1.78. The van der Waals surface area contributed by atoms with E-state index in [0.717, 1.165) is 0 Å². The molecule has 2 rings (SSSR count). The van der Waals surface area contributed by atoms with Gasteiger partial charge in [-0.25, -0.2) is 0 Å². The Bertz CT molecular complexity index is 811. The van der Waals surface area contributed by atoms with Gasteiger partial charge < -0.3 is 10.1 Å². The summed E-state index contributed by atoms with van der Waals surface area (Å²) in [7, 11) is 0. The average Bonchev–Trinajstić information content (AvgIpc) is 2.54. The van der Waals surface area contributed by atoms with Crippen molar-refractivity contribution in [2.24, 2.45) is 0 Å². The Kier molecular flexibility index (Phi) is 5.42. The number of nitrogens with zero attached hydrogens (tertiary/aromatic N) is 2. The Balaban J connectivity index is 2.02. The second kappa shape index (κ2) is 7.51. The van der Waals surface area contributed by atoms with Gasteiger partial charge in [-0.1, -0.05) is 12.1 Å². The lowest BCUT2D eigenvalue weighted by molar-refractivity contribution is -0.385. The molecule has 0 aromatic heterocycles. The van der Waals surface area contributed by atoms with E-state index in [4.69, 9.17) is 4.74 Å². The number of ether oxygens (including phenoxy) is 1. The van der Waals surface area contributed by atoms with Crippen LogP contribution in [0, 0.1) is 20.2 Å². The molecule has 0 heterocycles. The zero-order valence-corrected chi connectivity index (χ0v) is 13.6. The first-order valence-corrected chi connectivity index (χ1v) is 7.28. The fourth-order valence-corrected chi connectivity index (χ4v) is 2.24. The third kappa shape index (κ3) is 4.26. The van der Waals surface area contributed by atoms with Crippen molar-refractivity contribution in [3.05, 3.63) is 67.2 Å². The van der Waals surface area contributed by atoms with Gasteiger partial charge in [0.1, 0.15) is 0 Å². The molecule has 9 nitrogen and oxygen atoms in total. The maximum Gasteiger partial charge on any atom is 0.310 e. The molecule has 1 amide bonds. The van der Waals surface area contributed by atoms with Crippen LogP contribution in [0.25, 0.3) is 0 Å². The highest BCUT2D eigenvalue weighted by Crippen LogP contribution is 2.28. The van der Waals surface area contributed by atoms with Gasteiger partial charge >= 0.3 is 5.69 Å². The number of amides is 1. The summed E-state index contributed by atoms with van der Waals surface area (Å²) in [6, 6.07) is 9.53. The topological polar surface area (TPSA) is 125 Å². The molecule has 24 heavy (non-hydrogen) atoms. The molecule has 0 spiro atoms. The Labute approximate surface area is 143 Å². The number of benzene rings is 2. The summed E-state index contributed by atoms with van der Waals surface area (Å²) < 4.78 is 5.49. The number of hydrogen-bond acceptors (Lipinski definition) is 6. The number of carbonyl (C=O) groups is 1. The van der Waals surface area contributed by atoms with Gasteiger partial charge in [-0.3, -0.25) is 25.0 Å². The first kappa shape index (κ1) is 17.3. The Morgan fingerprint density at radius 1 is 1.12 bits per heavy atom. The minimum absolute atomic E-state index is 0.0274. The molecular formula is C14H10BrN3O6. The van der Waals surface area contributed by atoms with Crippen LogP contribution >= 0.6 is 15.9 Å². The van der Waals surface area contributed by atoms with Gasteiger partial charge in [-0.2, -0.15) is 0 Å². The number of nitro groups is 2. The number of carbonyl (C=O) groups excluding carboxylic acids is 1. The largest absolute Gasteiger partial charge is 0.477 e. The molecule has 0 bridgehead atoms. The molecule has 0 saturated carbocycles. The van der Waals surface area contributed by atoms with Crippen LogP contribution in [0.15, 0.2) is 46.9 Å². The van der Waals surface area contributed by atoms with Gasteiger partial charge in [0, 0.05) is 22.7 Å². The van der Waals surface area contributed by atoms with E-state index in [1.807, 2.05) is 0 Å². The van der Waals surface area contributed by atoms with Gasteiger partial charge in [0.05, 0.1) is 15.5 Å². The summed E-state index contributed by atoms with van der Waals surface area (Å²) in [5.74, 6) is -0.594. The molecule has 0 unspecified atom stereocenters. The summed E-state index contributed by atoms with van der Waals surface area (Å²) in [6.45, 7) is -0.450. The molecule has 0 aliphatic rings. The number of nitrogens with one attached hydrogen (secondary N) is 1. The molecule has 0 saturated heterocycles. The van der Waals surface area contributed by atoms with E-state index >= 15 is 0 Å². The predicted octanol–water partition coefficient (Wildman–Crippen LogP) is 3.28. The average molecular weight is 396 g/mol. The van der Waals surface area contributed by atoms with E-state index < -0.39 is 22.4 Å². The van der Waals surface area contributed by atoms with E-state index in [9.17, 15) is 25.0 Å². The lowest BCUT2D eigenvalue weighted by Gasteiger charge is -2.09. The highest BCUT2D eigenvalue weighted by molar-refractivity contribution is 9.10. The number of halogens is 1. The van der Waals surface area contributed by atoms with E-state index in [2.05, 4.69) is 21.2 Å². The van der Waals surface area contributed by atoms with Crippen molar-refractivity contribution in [3.8, 4) is 5.75 Å². The van der Waals surface area contributed by atoms with Crippen molar-refractivity contribution in [3.63, 3.8) is 0 Å². The molecule has 124 valence electrons. The Morgan fingerprint density at radius 2 is 1.83 bits per heavy atom. The maximum absolute atomic E-state index is 11.9. The highest BCUT2D eigenvalue weighted by Gasteiger charge is 2.16. The van der Waals surface area contributed by atoms with Gasteiger partial charge in [-0.15, -0.1) is 0 Å². The SMILES string of the molecule is O=C(COc1ccccc1[N+](=O)[O-])Nc1ccc([N+](=O)[O-])cc1Br. The molecule has 10 heteroatoms. The van der Waals surface area contributed by atoms with Crippen LogP contribution in [0.5, 0.6) is 5.75 Å². The lowest BCUT2D eigenvalue weighted by atomic mass is 10.3. The number of nitro benzene ring substituents is 2. The Morgan fingerprint density at radius 3 is 2.46 bits per heavy atom.